The zero-order valence-corrected chi connectivity index (χ0v) is 12.8. The molecule has 0 aliphatic carbocycles. The Morgan fingerprint density at radius 2 is 1.71 bits per heavy atom. The van der Waals surface area contributed by atoms with Crippen molar-refractivity contribution in [1.29, 1.82) is 0 Å². The summed E-state index contributed by atoms with van der Waals surface area (Å²) >= 11 is 0. The smallest absolute Gasteiger partial charge is 0.433 e. The molecule has 0 spiro atoms. The zero-order valence-electron chi connectivity index (χ0n) is 12.8. The summed E-state index contributed by atoms with van der Waals surface area (Å²) in [5.74, 6) is -1.49. The molecular formula is C18H15F3O3. The fourth-order valence-electron chi connectivity index (χ4n) is 3.16. The number of hydrogen-bond acceptors (Lipinski definition) is 3. The number of cyclic esters (lactones) is 1. The maximum atomic E-state index is 14.1. The van der Waals surface area contributed by atoms with Crippen molar-refractivity contribution in [2.45, 2.75) is 24.1 Å². The molecule has 2 atom stereocenters. The molecule has 0 amide bonds. The van der Waals surface area contributed by atoms with Gasteiger partial charge in [0.15, 0.2) is 0 Å². The van der Waals surface area contributed by atoms with E-state index in [1.165, 1.54) is 43.5 Å². The van der Waals surface area contributed by atoms with E-state index in [1.54, 1.807) is 18.2 Å². The normalized spacial score (nSPS) is 23.8. The topological polar surface area (TPSA) is 35.5 Å². The van der Waals surface area contributed by atoms with Crippen LogP contribution in [0.25, 0.3) is 0 Å². The second kappa shape index (κ2) is 5.85. The second-order valence-corrected chi connectivity index (χ2v) is 5.60. The largest absolute Gasteiger partial charge is 0.497 e. The van der Waals surface area contributed by atoms with Crippen molar-refractivity contribution in [2.24, 2.45) is 0 Å². The van der Waals surface area contributed by atoms with Gasteiger partial charge in [0.2, 0.25) is 5.60 Å². The van der Waals surface area contributed by atoms with Gasteiger partial charge >= 0.3 is 12.1 Å². The van der Waals surface area contributed by atoms with Crippen LogP contribution >= 0.6 is 0 Å². The van der Waals surface area contributed by atoms with Gasteiger partial charge in [0.1, 0.15) is 5.75 Å². The number of rotatable bonds is 3. The molecule has 0 saturated carbocycles. The molecule has 0 bridgehead atoms. The van der Waals surface area contributed by atoms with Gasteiger partial charge in [-0.05, 0) is 17.7 Å². The van der Waals surface area contributed by atoms with Crippen LogP contribution in [0.2, 0.25) is 0 Å². The summed E-state index contributed by atoms with van der Waals surface area (Å²) < 4.78 is 52.1. The van der Waals surface area contributed by atoms with Gasteiger partial charge in [-0.1, -0.05) is 42.5 Å². The predicted octanol–water partition coefficient (Wildman–Crippen LogP) is 4.18. The first-order valence-corrected chi connectivity index (χ1v) is 7.36. The molecule has 2 aromatic carbocycles. The monoisotopic (exact) mass is 336 g/mol. The molecule has 1 fully saturated rings. The van der Waals surface area contributed by atoms with E-state index in [4.69, 9.17) is 9.47 Å². The van der Waals surface area contributed by atoms with E-state index < -0.39 is 23.7 Å². The van der Waals surface area contributed by atoms with E-state index in [2.05, 4.69) is 0 Å². The summed E-state index contributed by atoms with van der Waals surface area (Å²) in [4.78, 5) is 11.8. The molecule has 0 radical (unpaired) electrons. The Labute approximate surface area is 137 Å². The first-order valence-electron chi connectivity index (χ1n) is 7.36. The third-order valence-corrected chi connectivity index (χ3v) is 4.28. The standard InChI is InChI=1S/C18H15F3O3/c1-23-14-9-7-12(8-10-14)15-11-16(22)24-17(15,18(19,20)21)13-5-3-2-4-6-13/h2-10,15H,11H2,1H3/t15-,17+/m0/s1. The second-order valence-electron chi connectivity index (χ2n) is 5.60. The molecule has 3 rings (SSSR count). The summed E-state index contributed by atoms with van der Waals surface area (Å²) in [6.07, 6.45) is -5.08. The van der Waals surface area contributed by atoms with Crippen LogP contribution in [0, 0.1) is 0 Å². The summed E-state index contributed by atoms with van der Waals surface area (Å²) in [5.41, 5.74) is -2.38. The Balaban J connectivity index is 2.16. The quantitative estimate of drug-likeness (QED) is 0.789. The van der Waals surface area contributed by atoms with E-state index in [9.17, 15) is 18.0 Å². The number of carbonyl (C=O) groups is 1. The van der Waals surface area contributed by atoms with Gasteiger partial charge in [0, 0.05) is 11.5 Å². The van der Waals surface area contributed by atoms with Crippen LogP contribution in [0.15, 0.2) is 54.6 Å². The zero-order chi connectivity index (χ0) is 17.4. The SMILES string of the molecule is COc1ccc([C@@H]2CC(=O)O[C@@]2(c2ccccc2)C(F)(F)F)cc1. The molecule has 1 heterocycles. The third-order valence-electron chi connectivity index (χ3n) is 4.28. The number of carbonyl (C=O) groups excluding carboxylic acids is 1. The molecule has 1 aliphatic heterocycles. The van der Waals surface area contributed by atoms with E-state index >= 15 is 0 Å². The number of esters is 1. The Kier molecular flexibility index (Phi) is 3.99. The van der Waals surface area contributed by atoms with Crippen LogP contribution < -0.4 is 4.74 Å². The summed E-state index contributed by atoms with van der Waals surface area (Å²) in [5, 5.41) is 0. The van der Waals surface area contributed by atoms with E-state index in [1.807, 2.05) is 0 Å². The molecule has 0 aromatic heterocycles. The van der Waals surface area contributed by atoms with Crippen molar-refractivity contribution in [2.75, 3.05) is 7.11 Å². The average Bonchev–Trinajstić information content (AvgIpc) is 2.94. The van der Waals surface area contributed by atoms with Crippen LogP contribution in [-0.4, -0.2) is 19.3 Å². The average molecular weight is 336 g/mol. The highest BCUT2D eigenvalue weighted by molar-refractivity contribution is 5.75. The molecule has 0 N–H and O–H groups in total. The molecule has 1 saturated heterocycles. The molecule has 6 heteroatoms. The Hall–Kier alpha value is -2.50. The van der Waals surface area contributed by atoms with Crippen molar-refractivity contribution in [3.8, 4) is 5.75 Å². The molecular weight excluding hydrogens is 321 g/mol. The fourth-order valence-corrected chi connectivity index (χ4v) is 3.16. The van der Waals surface area contributed by atoms with Gasteiger partial charge in [-0.15, -0.1) is 0 Å². The van der Waals surface area contributed by atoms with Crippen molar-refractivity contribution >= 4 is 5.97 Å². The highest BCUT2D eigenvalue weighted by Crippen LogP contribution is 2.56. The van der Waals surface area contributed by atoms with E-state index in [-0.39, 0.29) is 12.0 Å². The summed E-state index contributed by atoms with van der Waals surface area (Å²) in [6, 6.07) is 13.5. The maximum Gasteiger partial charge on any atom is 0.433 e. The fraction of sp³-hybridized carbons (Fsp3) is 0.278. The lowest BCUT2D eigenvalue weighted by molar-refractivity contribution is -0.269. The van der Waals surface area contributed by atoms with Gasteiger partial charge < -0.3 is 9.47 Å². The molecule has 3 nitrogen and oxygen atoms in total. The Bertz CT molecular complexity index is 725. The highest BCUT2D eigenvalue weighted by atomic mass is 19.4. The number of benzene rings is 2. The first kappa shape index (κ1) is 16.4. The Morgan fingerprint density at radius 3 is 2.25 bits per heavy atom. The lowest BCUT2D eigenvalue weighted by Gasteiger charge is -2.35. The minimum absolute atomic E-state index is 0.0795. The predicted molar refractivity (Wildman–Crippen MR) is 80.6 cm³/mol. The molecule has 126 valence electrons. The van der Waals surface area contributed by atoms with Gasteiger partial charge in [0.25, 0.3) is 0 Å². The highest BCUT2D eigenvalue weighted by Gasteiger charge is 2.67. The van der Waals surface area contributed by atoms with Crippen molar-refractivity contribution in [1.82, 2.24) is 0 Å². The molecule has 2 aromatic rings. The molecule has 1 aliphatic rings. The molecule has 0 unspecified atom stereocenters. The first-order chi connectivity index (χ1) is 11.4. The van der Waals surface area contributed by atoms with Crippen LogP contribution in [0.3, 0.4) is 0 Å². The minimum atomic E-state index is -4.74. The minimum Gasteiger partial charge on any atom is -0.497 e. The number of alkyl halides is 3. The van der Waals surface area contributed by atoms with Crippen LogP contribution in [0.1, 0.15) is 23.5 Å². The maximum absolute atomic E-state index is 14.1. The van der Waals surface area contributed by atoms with Crippen LogP contribution in [0.5, 0.6) is 5.75 Å². The van der Waals surface area contributed by atoms with Crippen LogP contribution in [0.4, 0.5) is 13.2 Å². The van der Waals surface area contributed by atoms with Gasteiger partial charge in [-0.3, -0.25) is 4.79 Å². The van der Waals surface area contributed by atoms with Crippen molar-refractivity contribution < 1.29 is 27.4 Å². The van der Waals surface area contributed by atoms with Crippen molar-refractivity contribution in [3.05, 3.63) is 65.7 Å². The number of halogens is 3. The van der Waals surface area contributed by atoms with Crippen molar-refractivity contribution in [3.63, 3.8) is 0 Å². The van der Waals surface area contributed by atoms with E-state index in [0.717, 1.165) is 0 Å². The van der Waals surface area contributed by atoms with Gasteiger partial charge in [-0.2, -0.15) is 13.2 Å². The Morgan fingerprint density at radius 1 is 1.08 bits per heavy atom. The lowest BCUT2D eigenvalue weighted by Crippen LogP contribution is -2.46. The lowest BCUT2D eigenvalue weighted by atomic mass is 9.76. The molecule has 24 heavy (non-hydrogen) atoms. The number of ether oxygens (including phenoxy) is 2. The number of hydrogen-bond donors (Lipinski definition) is 0. The number of methoxy groups -OCH3 is 1. The van der Waals surface area contributed by atoms with Crippen LogP contribution in [-0.2, 0) is 15.1 Å². The van der Waals surface area contributed by atoms with Gasteiger partial charge in [-0.25, -0.2) is 0 Å². The van der Waals surface area contributed by atoms with Gasteiger partial charge in [0.05, 0.1) is 13.5 Å². The summed E-state index contributed by atoms with van der Waals surface area (Å²) in [6.45, 7) is 0. The van der Waals surface area contributed by atoms with E-state index in [0.29, 0.717) is 11.3 Å². The summed E-state index contributed by atoms with van der Waals surface area (Å²) in [7, 11) is 1.47. The third kappa shape index (κ3) is 2.52.